The van der Waals surface area contributed by atoms with Gasteiger partial charge in [-0.3, -0.25) is 0 Å². The van der Waals surface area contributed by atoms with Crippen molar-refractivity contribution < 1.29 is 0 Å². The average Bonchev–Trinajstić information content (AvgIpc) is 3.80. The maximum absolute atomic E-state index is 2.46. The molecule has 0 atom stereocenters. The highest BCUT2D eigenvalue weighted by molar-refractivity contribution is 6.13. The van der Waals surface area contributed by atoms with Gasteiger partial charge in [0.05, 0.1) is 11.0 Å². The van der Waals surface area contributed by atoms with Crippen molar-refractivity contribution in [3.8, 4) is 39.1 Å². The monoisotopic (exact) mass is 700 g/mol. The van der Waals surface area contributed by atoms with Crippen molar-refractivity contribution in [3.05, 3.63) is 217 Å². The van der Waals surface area contributed by atoms with Crippen molar-refractivity contribution in [1.29, 1.82) is 0 Å². The molecule has 1 aliphatic carbocycles. The lowest BCUT2D eigenvalue weighted by molar-refractivity contribution is 1.18. The van der Waals surface area contributed by atoms with Crippen LogP contribution in [0.1, 0.15) is 11.1 Å². The Kier molecular flexibility index (Phi) is 7.28. The van der Waals surface area contributed by atoms with Gasteiger partial charge in [-0.15, -0.1) is 0 Å². The van der Waals surface area contributed by atoms with Crippen LogP contribution in [-0.4, -0.2) is 4.57 Å². The quantitative estimate of drug-likeness (QED) is 0.168. The van der Waals surface area contributed by atoms with E-state index < -0.39 is 0 Å². The zero-order valence-corrected chi connectivity index (χ0v) is 30.2. The summed E-state index contributed by atoms with van der Waals surface area (Å²) >= 11 is 0. The second-order valence-corrected chi connectivity index (χ2v) is 14.5. The van der Waals surface area contributed by atoms with Gasteiger partial charge in [0, 0.05) is 33.5 Å². The molecule has 0 fully saturated rings. The third-order valence-corrected chi connectivity index (χ3v) is 11.4. The van der Waals surface area contributed by atoms with E-state index in [-0.39, 0.29) is 0 Å². The summed E-state index contributed by atoms with van der Waals surface area (Å²) < 4.78 is 2.41. The lowest BCUT2D eigenvalue weighted by Gasteiger charge is -2.26. The fraction of sp³-hybridized carbons (Fsp3) is 0.0189. The van der Waals surface area contributed by atoms with Gasteiger partial charge in [-0.2, -0.15) is 0 Å². The van der Waals surface area contributed by atoms with Gasteiger partial charge >= 0.3 is 0 Å². The van der Waals surface area contributed by atoms with Gasteiger partial charge in [0.15, 0.2) is 0 Å². The van der Waals surface area contributed by atoms with Crippen LogP contribution in [-0.2, 0) is 6.42 Å². The standard InChI is InChI=1S/C53H36N2/c1-4-14-36(15-5-1)37-24-28-43(29-25-37)54(41-16-6-2-7-17-41)44-30-26-38-32-40-33-49(45-20-10-11-22-48(45)53(40)50(38)35-44)39-27-31-47-46-21-12-13-23-51(46)55(52(47)34-39)42-18-8-3-9-19-42/h1-31,33-35H,32H2. The molecule has 0 saturated heterocycles. The predicted octanol–water partition coefficient (Wildman–Crippen LogP) is 14.3. The highest BCUT2D eigenvalue weighted by atomic mass is 15.1. The van der Waals surface area contributed by atoms with E-state index in [2.05, 4.69) is 216 Å². The van der Waals surface area contributed by atoms with Gasteiger partial charge in [-0.25, -0.2) is 0 Å². The van der Waals surface area contributed by atoms with Gasteiger partial charge in [0.2, 0.25) is 0 Å². The first-order chi connectivity index (χ1) is 27.3. The van der Waals surface area contributed by atoms with Gasteiger partial charge in [-0.1, -0.05) is 140 Å². The fourth-order valence-electron chi connectivity index (χ4n) is 8.88. The molecular formula is C53H36N2. The topological polar surface area (TPSA) is 8.17 Å². The summed E-state index contributed by atoms with van der Waals surface area (Å²) in [4.78, 5) is 2.38. The van der Waals surface area contributed by atoms with E-state index in [9.17, 15) is 0 Å². The summed E-state index contributed by atoms with van der Waals surface area (Å²) in [6, 6.07) is 75.3. The largest absolute Gasteiger partial charge is 0.310 e. The van der Waals surface area contributed by atoms with E-state index in [4.69, 9.17) is 0 Å². The Balaban J connectivity index is 1.05. The number of hydrogen-bond acceptors (Lipinski definition) is 1. The maximum Gasteiger partial charge on any atom is 0.0547 e. The van der Waals surface area contributed by atoms with Crippen molar-refractivity contribution in [2.75, 3.05) is 4.90 Å². The number of anilines is 3. The number of rotatable bonds is 6. The third kappa shape index (κ3) is 5.18. The molecule has 55 heavy (non-hydrogen) atoms. The first kappa shape index (κ1) is 31.4. The van der Waals surface area contributed by atoms with Crippen LogP contribution >= 0.6 is 0 Å². The number of benzene rings is 9. The Bertz CT molecular complexity index is 3030. The molecule has 0 saturated carbocycles. The Labute approximate surface area is 320 Å². The van der Waals surface area contributed by atoms with Crippen LogP contribution in [0, 0.1) is 0 Å². The molecule has 2 heteroatoms. The van der Waals surface area contributed by atoms with Crippen LogP contribution in [0.15, 0.2) is 206 Å². The lowest BCUT2D eigenvalue weighted by Crippen LogP contribution is -2.10. The molecule has 0 amide bonds. The summed E-state index contributed by atoms with van der Waals surface area (Å²) in [5, 5.41) is 5.12. The summed E-state index contributed by atoms with van der Waals surface area (Å²) in [6.45, 7) is 0. The molecule has 11 rings (SSSR count). The Morgan fingerprint density at radius 2 is 0.927 bits per heavy atom. The molecule has 10 aromatic rings. The molecule has 0 unspecified atom stereocenters. The molecule has 2 nitrogen and oxygen atoms in total. The van der Waals surface area contributed by atoms with Crippen LogP contribution in [0.3, 0.4) is 0 Å². The number of fused-ring (bicyclic) bond motifs is 8. The van der Waals surface area contributed by atoms with Crippen LogP contribution in [0.25, 0.3) is 71.6 Å². The summed E-state index contributed by atoms with van der Waals surface area (Å²) in [6.07, 6.45) is 0.909. The first-order valence-corrected chi connectivity index (χ1v) is 19.1. The highest BCUT2D eigenvalue weighted by Gasteiger charge is 2.25. The van der Waals surface area contributed by atoms with Crippen LogP contribution < -0.4 is 4.90 Å². The van der Waals surface area contributed by atoms with E-state index in [0.29, 0.717) is 0 Å². The minimum absolute atomic E-state index is 0.909. The fourth-order valence-corrected chi connectivity index (χ4v) is 8.88. The van der Waals surface area contributed by atoms with Crippen molar-refractivity contribution in [1.82, 2.24) is 4.57 Å². The third-order valence-electron chi connectivity index (χ3n) is 11.4. The van der Waals surface area contributed by atoms with Gasteiger partial charge < -0.3 is 9.47 Å². The number of nitrogens with zero attached hydrogens (tertiary/aromatic N) is 2. The highest BCUT2D eigenvalue weighted by Crippen LogP contribution is 2.48. The van der Waals surface area contributed by atoms with E-state index >= 15 is 0 Å². The molecule has 9 aromatic carbocycles. The van der Waals surface area contributed by atoms with Crippen molar-refractivity contribution in [3.63, 3.8) is 0 Å². The Morgan fingerprint density at radius 3 is 1.71 bits per heavy atom. The van der Waals surface area contributed by atoms with Crippen LogP contribution in [0.5, 0.6) is 0 Å². The SMILES string of the molecule is c1ccc(-c2ccc(N(c3ccccc3)c3ccc4c(c3)-c3c(cc(-c5ccc6c7ccccc7n(-c7ccccc7)c6c5)c5ccccc35)C4)cc2)cc1. The zero-order valence-electron chi connectivity index (χ0n) is 30.2. The lowest BCUT2D eigenvalue weighted by atomic mass is 9.90. The molecule has 1 heterocycles. The second-order valence-electron chi connectivity index (χ2n) is 14.5. The van der Waals surface area contributed by atoms with Gasteiger partial charge in [0.1, 0.15) is 0 Å². The van der Waals surface area contributed by atoms with Crippen LogP contribution in [0.2, 0.25) is 0 Å². The molecular weight excluding hydrogens is 665 g/mol. The molecule has 0 aliphatic heterocycles. The van der Waals surface area contributed by atoms with Crippen molar-refractivity contribution >= 4 is 49.6 Å². The van der Waals surface area contributed by atoms with E-state index in [0.717, 1.165) is 23.5 Å². The molecule has 1 aromatic heterocycles. The number of hydrogen-bond donors (Lipinski definition) is 0. The molecule has 0 bridgehead atoms. The minimum atomic E-state index is 0.909. The normalized spacial score (nSPS) is 11.9. The molecule has 258 valence electrons. The van der Waals surface area contributed by atoms with Crippen molar-refractivity contribution in [2.45, 2.75) is 6.42 Å². The zero-order chi connectivity index (χ0) is 36.3. The Morgan fingerprint density at radius 1 is 0.345 bits per heavy atom. The summed E-state index contributed by atoms with van der Waals surface area (Å²) in [5.41, 5.74) is 17.4. The second kappa shape index (κ2) is 12.8. The van der Waals surface area contributed by atoms with E-state index in [1.165, 1.54) is 82.8 Å². The molecule has 0 radical (unpaired) electrons. The molecule has 1 aliphatic rings. The summed E-state index contributed by atoms with van der Waals surface area (Å²) in [5.74, 6) is 0. The average molecular weight is 701 g/mol. The number of para-hydroxylation sites is 3. The maximum atomic E-state index is 2.46. The summed E-state index contributed by atoms with van der Waals surface area (Å²) in [7, 11) is 0. The smallest absolute Gasteiger partial charge is 0.0547 e. The number of aromatic nitrogens is 1. The molecule has 0 spiro atoms. The predicted molar refractivity (Wildman–Crippen MR) is 232 cm³/mol. The van der Waals surface area contributed by atoms with E-state index in [1.807, 2.05) is 0 Å². The molecule has 0 N–H and O–H groups in total. The minimum Gasteiger partial charge on any atom is -0.310 e. The van der Waals surface area contributed by atoms with E-state index in [1.54, 1.807) is 0 Å². The van der Waals surface area contributed by atoms with Crippen LogP contribution in [0.4, 0.5) is 17.1 Å². The van der Waals surface area contributed by atoms with Gasteiger partial charge in [0.25, 0.3) is 0 Å². The van der Waals surface area contributed by atoms with Crippen molar-refractivity contribution in [2.24, 2.45) is 0 Å². The van der Waals surface area contributed by atoms with Gasteiger partial charge in [-0.05, 0) is 128 Å². The first-order valence-electron chi connectivity index (χ1n) is 19.1. The Hall–Kier alpha value is -7.16.